The average molecular weight is 376 g/mol. The number of benzene rings is 2. The van der Waals surface area contributed by atoms with Crippen LogP contribution in [0.4, 0.5) is 10.5 Å². The number of anilines is 1. The first-order valence-corrected chi connectivity index (χ1v) is 10.2. The molecule has 2 aromatic rings. The molecular formula is C24H29N3O. The summed E-state index contributed by atoms with van der Waals surface area (Å²) in [5, 5.41) is 6.31. The topological polar surface area (TPSA) is 44.4 Å². The van der Waals surface area contributed by atoms with Gasteiger partial charge in [0.1, 0.15) is 0 Å². The van der Waals surface area contributed by atoms with Crippen LogP contribution in [0.3, 0.4) is 0 Å². The fourth-order valence-corrected chi connectivity index (χ4v) is 4.46. The van der Waals surface area contributed by atoms with Crippen LogP contribution in [-0.2, 0) is 6.42 Å². The van der Waals surface area contributed by atoms with Crippen LogP contribution in [0.25, 0.3) is 5.57 Å². The molecule has 2 amide bonds. The van der Waals surface area contributed by atoms with E-state index in [-0.39, 0.29) is 12.1 Å². The smallest absolute Gasteiger partial charge is 0.319 e. The predicted octanol–water partition coefficient (Wildman–Crippen LogP) is 4.99. The van der Waals surface area contributed by atoms with Gasteiger partial charge in [-0.05, 0) is 74.2 Å². The Hall–Kier alpha value is -2.59. The molecule has 1 saturated heterocycles. The van der Waals surface area contributed by atoms with Crippen LogP contribution in [0.15, 0.2) is 54.6 Å². The zero-order chi connectivity index (χ0) is 19.5. The summed E-state index contributed by atoms with van der Waals surface area (Å²) in [7, 11) is 2.16. The molecule has 0 unspecified atom stereocenters. The number of rotatable bonds is 4. The van der Waals surface area contributed by atoms with Crippen molar-refractivity contribution in [3.05, 3.63) is 71.3 Å². The van der Waals surface area contributed by atoms with Crippen LogP contribution in [0.5, 0.6) is 0 Å². The number of hydrogen-bond acceptors (Lipinski definition) is 2. The van der Waals surface area contributed by atoms with E-state index in [9.17, 15) is 4.79 Å². The monoisotopic (exact) mass is 375 g/mol. The van der Waals surface area contributed by atoms with E-state index in [1.165, 1.54) is 29.5 Å². The molecule has 28 heavy (non-hydrogen) atoms. The molecule has 1 heterocycles. The Morgan fingerprint density at radius 3 is 2.75 bits per heavy atom. The quantitative estimate of drug-likeness (QED) is 0.790. The van der Waals surface area contributed by atoms with Crippen molar-refractivity contribution in [3.8, 4) is 0 Å². The van der Waals surface area contributed by atoms with Crippen LogP contribution in [0.2, 0.25) is 0 Å². The van der Waals surface area contributed by atoms with E-state index in [1.807, 2.05) is 24.3 Å². The lowest BCUT2D eigenvalue weighted by atomic mass is 9.91. The Morgan fingerprint density at radius 2 is 1.96 bits per heavy atom. The minimum Gasteiger partial charge on any atom is -0.329 e. The molecule has 1 aliphatic carbocycles. The minimum absolute atomic E-state index is 0.0254. The van der Waals surface area contributed by atoms with Crippen LogP contribution in [-0.4, -0.2) is 30.6 Å². The standard InChI is InChI=1S/C24H29N3O/c1-17-11-12-18-13-14-20(16-21(17)18)25-24(28)26-23(19-8-4-3-5-9-19)22-10-6-7-15-27(22)2/h3-5,8-9,11,13-14,16,22-23H,6-7,10,12,15H2,1-2H3,(H2,25,26,28)/t22-,23-/m1/s1. The third-order valence-electron chi connectivity index (χ3n) is 6.08. The minimum atomic E-state index is -0.146. The highest BCUT2D eigenvalue weighted by Crippen LogP contribution is 2.30. The summed E-state index contributed by atoms with van der Waals surface area (Å²) >= 11 is 0. The van der Waals surface area contributed by atoms with Crippen LogP contribution in [0, 0.1) is 0 Å². The molecule has 2 N–H and O–H groups in total. The average Bonchev–Trinajstić information content (AvgIpc) is 3.08. The molecular weight excluding hydrogens is 346 g/mol. The first-order chi connectivity index (χ1) is 13.6. The predicted molar refractivity (Wildman–Crippen MR) is 115 cm³/mol. The van der Waals surface area contributed by atoms with E-state index < -0.39 is 0 Å². The van der Waals surface area contributed by atoms with Gasteiger partial charge in [-0.15, -0.1) is 0 Å². The molecule has 0 saturated carbocycles. The summed E-state index contributed by atoms with van der Waals surface area (Å²) in [5.74, 6) is 0. The number of nitrogens with one attached hydrogen (secondary N) is 2. The number of allylic oxidation sites excluding steroid dienone is 2. The lowest BCUT2D eigenvalue weighted by Gasteiger charge is -2.38. The fraction of sp³-hybridized carbons (Fsp3) is 0.375. The maximum Gasteiger partial charge on any atom is 0.319 e. The summed E-state index contributed by atoms with van der Waals surface area (Å²) in [6.07, 6.45) is 6.75. The number of likely N-dealkylation sites (N-methyl/N-ethyl adjacent to an activating group) is 1. The number of amides is 2. The first-order valence-electron chi connectivity index (χ1n) is 10.2. The molecule has 0 bridgehead atoms. The summed E-state index contributed by atoms with van der Waals surface area (Å²) in [6.45, 7) is 3.20. The van der Waals surface area contributed by atoms with Gasteiger partial charge in [0.15, 0.2) is 0 Å². The van der Waals surface area contributed by atoms with Crippen LogP contribution < -0.4 is 10.6 Å². The number of likely N-dealkylation sites (tertiary alicyclic amines) is 1. The van der Waals surface area contributed by atoms with Gasteiger partial charge in [0.25, 0.3) is 0 Å². The molecule has 146 valence electrons. The van der Waals surface area contributed by atoms with Crippen LogP contribution in [0.1, 0.15) is 48.9 Å². The molecule has 4 nitrogen and oxygen atoms in total. The number of carbonyl (C=O) groups is 1. The van der Waals surface area contributed by atoms with Crippen molar-refractivity contribution in [1.29, 1.82) is 0 Å². The molecule has 1 aliphatic heterocycles. The Bertz CT molecular complexity index is 875. The van der Waals surface area contributed by atoms with Crippen molar-refractivity contribution in [2.24, 2.45) is 0 Å². The number of hydrogen-bond donors (Lipinski definition) is 2. The van der Waals surface area contributed by atoms with Gasteiger partial charge < -0.3 is 15.5 Å². The zero-order valence-corrected chi connectivity index (χ0v) is 16.7. The van der Waals surface area contributed by atoms with Crippen molar-refractivity contribution >= 4 is 17.3 Å². The molecule has 2 atom stereocenters. The normalized spacial score (nSPS) is 20.2. The number of urea groups is 1. The summed E-state index contributed by atoms with van der Waals surface area (Å²) in [5.41, 5.74) is 5.85. The van der Waals surface area contributed by atoms with Crippen molar-refractivity contribution in [2.75, 3.05) is 18.9 Å². The third kappa shape index (κ3) is 3.97. The largest absolute Gasteiger partial charge is 0.329 e. The third-order valence-corrected chi connectivity index (χ3v) is 6.08. The van der Waals surface area contributed by atoms with Gasteiger partial charge in [-0.2, -0.15) is 0 Å². The Morgan fingerprint density at radius 1 is 1.14 bits per heavy atom. The van der Waals surface area contributed by atoms with E-state index in [1.54, 1.807) is 0 Å². The molecule has 4 rings (SSSR count). The summed E-state index contributed by atoms with van der Waals surface area (Å²) in [4.78, 5) is 15.3. The van der Waals surface area contributed by atoms with E-state index in [0.717, 1.165) is 30.6 Å². The van der Waals surface area contributed by atoms with Gasteiger partial charge in [0, 0.05) is 11.7 Å². The van der Waals surface area contributed by atoms with E-state index in [2.05, 4.69) is 59.8 Å². The lowest BCUT2D eigenvalue weighted by Crippen LogP contribution is -2.48. The molecule has 2 aromatic carbocycles. The second kappa shape index (κ2) is 8.19. The second-order valence-electron chi connectivity index (χ2n) is 7.99. The molecule has 0 aromatic heterocycles. The van der Waals surface area contributed by atoms with Crippen LogP contribution >= 0.6 is 0 Å². The number of piperidine rings is 1. The first kappa shape index (κ1) is 18.8. The Balaban J connectivity index is 1.51. The zero-order valence-electron chi connectivity index (χ0n) is 16.7. The SMILES string of the molecule is CC1=CCc2ccc(NC(=O)N[C@H](c3ccccc3)[C@H]3CCCCN3C)cc21. The van der Waals surface area contributed by atoms with Gasteiger partial charge in [-0.1, -0.05) is 48.9 Å². The number of fused-ring (bicyclic) bond motifs is 1. The van der Waals surface area contributed by atoms with Gasteiger partial charge in [-0.25, -0.2) is 4.79 Å². The fourth-order valence-electron chi connectivity index (χ4n) is 4.46. The molecule has 0 radical (unpaired) electrons. The van der Waals surface area contributed by atoms with Crippen molar-refractivity contribution in [3.63, 3.8) is 0 Å². The van der Waals surface area contributed by atoms with Crippen molar-refractivity contribution < 1.29 is 4.79 Å². The lowest BCUT2D eigenvalue weighted by molar-refractivity contribution is 0.147. The molecule has 4 heteroatoms. The number of nitrogens with zero attached hydrogens (tertiary/aromatic N) is 1. The van der Waals surface area contributed by atoms with E-state index in [4.69, 9.17) is 0 Å². The molecule has 2 aliphatic rings. The second-order valence-corrected chi connectivity index (χ2v) is 7.99. The maximum atomic E-state index is 12.9. The summed E-state index contributed by atoms with van der Waals surface area (Å²) in [6, 6.07) is 16.6. The number of carbonyl (C=O) groups excluding carboxylic acids is 1. The van der Waals surface area contributed by atoms with Gasteiger partial charge in [-0.3, -0.25) is 0 Å². The highest BCUT2D eigenvalue weighted by atomic mass is 16.2. The van der Waals surface area contributed by atoms with Gasteiger partial charge in [0.05, 0.1) is 6.04 Å². The van der Waals surface area contributed by atoms with Gasteiger partial charge in [0.2, 0.25) is 0 Å². The highest BCUT2D eigenvalue weighted by Gasteiger charge is 2.30. The maximum absolute atomic E-state index is 12.9. The van der Waals surface area contributed by atoms with Gasteiger partial charge >= 0.3 is 6.03 Å². The van der Waals surface area contributed by atoms with E-state index >= 15 is 0 Å². The van der Waals surface area contributed by atoms with Crippen molar-refractivity contribution in [1.82, 2.24) is 10.2 Å². The Labute approximate surface area is 167 Å². The summed E-state index contributed by atoms with van der Waals surface area (Å²) < 4.78 is 0. The Kier molecular flexibility index (Phi) is 5.49. The van der Waals surface area contributed by atoms with E-state index in [0.29, 0.717) is 6.04 Å². The van der Waals surface area contributed by atoms with Crippen molar-refractivity contribution in [2.45, 2.75) is 44.7 Å². The molecule has 0 spiro atoms. The molecule has 1 fully saturated rings. The highest BCUT2D eigenvalue weighted by molar-refractivity contribution is 5.90.